The number of carbonyl (C=O) groups excluding carboxylic acids is 1. The number of hydrogen-bond donors (Lipinski definition) is 1. The van der Waals surface area contributed by atoms with Gasteiger partial charge in [0.05, 0.1) is 12.2 Å². The quantitative estimate of drug-likeness (QED) is 0.461. The van der Waals surface area contributed by atoms with Crippen LogP contribution in [0.25, 0.3) is 0 Å². The van der Waals surface area contributed by atoms with E-state index in [0.29, 0.717) is 12.4 Å². The largest absolute Gasteiger partial charge is 0.493 e. The lowest BCUT2D eigenvalue weighted by Gasteiger charge is -2.07. The molecule has 1 aromatic rings. The van der Waals surface area contributed by atoms with Crippen molar-refractivity contribution in [1.82, 2.24) is 0 Å². The van der Waals surface area contributed by atoms with E-state index < -0.39 is 24.0 Å². The molecular weight excluding hydrogens is 239 g/mol. The molecule has 1 N–H and O–H groups in total. The molecule has 18 heavy (non-hydrogen) atoms. The van der Waals surface area contributed by atoms with Crippen molar-refractivity contribution in [2.24, 2.45) is 0 Å². The Kier molecular flexibility index (Phi) is 5.30. The molecule has 1 rings (SSSR count). The summed E-state index contributed by atoms with van der Waals surface area (Å²) in [5, 5.41) is 8.47. The highest BCUT2D eigenvalue weighted by Crippen LogP contribution is 2.18. The van der Waals surface area contributed by atoms with Crippen LogP contribution in [0.3, 0.4) is 0 Å². The van der Waals surface area contributed by atoms with E-state index in [1.54, 1.807) is 0 Å². The number of rotatable bonds is 7. The molecule has 0 unspecified atom stereocenters. The first-order valence-electron chi connectivity index (χ1n) is 5.72. The first-order valence-corrected chi connectivity index (χ1v) is 5.72. The smallest absolute Gasteiger partial charge is 0.311 e. The zero-order chi connectivity index (χ0) is 13.5. The number of hydrogen-bond acceptors (Lipinski definition) is 3. The average Bonchev–Trinajstić information content (AvgIpc) is 2.28. The van der Waals surface area contributed by atoms with Gasteiger partial charge in [-0.1, -0.05) is 13.3 Å². The summed E-state index contributed by atoms with van der Waals surface area (Å²) < 4.78 is 18.8. The second kappa shape index (κ2) is 6.74. The van der Waals surface area contributed by atoms with Crippen molar-refractivity contribution >= 4 is 11.8 Å². The standard InChI is InChI=1S/C13H15FO4/c1-2-3-6-18-9-4-5-10(11(14)7-9)12(15)8-13(16)17/h4-5,7H,2-3,6,8H2,1H3,(H,16,17). The molecule has 1 aromatic carbocycles. The van der Waals surface area contributed by atoms with Gasteiger partial charge in [0.25, 0.3) is 0 Å². The molecule has 0 atom stereocenters. The van der Waals surface area contributed by atoms with Gasteiger partial charge in [0, 0.05) is 6.07 Å². The van der Waals surface area contributed by atoms with Gasteiger partial charge in [-0.15, -0.1) is 0 Å². The van der Waals surface area contributed by atoms with E-state index in [4.69, 9.17) is 9.84 Å². The van der Waals surface area contributed by atoms with Crippen molar-refractivity contribution in [3.05, 3.63) is 29.6 Å². The van der Waals surface area contributed by atoms with Crippen LogP contribution in [0.15, 0.2) is 18.2 Å². The van der Waals surface area contributed by atoms with Crippen molar-refractivity contribution in [3.8, 4) is 5.75 Å². The first kappa shape index (κ1) is 14.2. The summed E-state index contributed by atoms with van der Waals surface area (Å²) in [5.41, 5.74) is -0.222. The Morgan fingerprint density at radius 3 is 2.67 bits per heavy atom. The lowest BCUT2D eigenvalue weighted by atomic mass is 10.1. The molecule has 0 saturated heterocycles. The van der Waals surface area contributed by atoms with Crippen LogP contribution in [0.2, 0.25) is 0 Å². The van der Waals surface area contributed by atoms with E-state index >= 15 is 0 Å². The van der Waals surface area contributed by atoms with E-state index in [9.17, 15) is 14.0 Å². The molecule has 0 spiro atoms. The van der Waals surface area contributed by atoms with Gasteiger partial charge >= 0.3 is 5.97 Å². The fraction of sp³-hybridized carbons (Fsp3) is 0.385. The lowest BCUT2D eigenvalue weighted by molar-refractivity contribution is -0.135. The second-order valence-electron chi connectivity index (χ2n) is 3.84. The zero-order valence-electron chi connectivity index (χ0n) is 10.1. The monoisotopic (exact) mass is 254 g/mol. The van der Waals surface area contributed by atoms with Gasteiger partial charge in [-0.25, -0.2) is 4.39 Å². The molecule has 0 radical (unpaired) electrons. The second-order valence-corrected chi connectivity index (χ2v) is 3.84. The molecule has 0 saturated carbocycles. The van der Waals surface area contributed by atoms with Crippen LogP contribution in [0, 0.1) is 5.82 Å². The van der Waals surface area contributed by atoms with E-state index in [1.165, 1.54) is 12.1 Å². The van der Waals surface area contributed by atoms with E-state index in [0.717, 1.165) is 18.9 Å². The molecular formula is C13H15FO4. The highest BCUT2D eigenvalue weighted by atomic mass is 19.1. The third-order valence-corrected chi connectivity index (χ3v) is 2.32. The normalized spacial score (nSPS) is 10.1. The molecule has 4 nitrogen and oxygen atoms in total. The van der Waals surface area contributed by atoms with Crippen molar-refractivity contribution in [3.63, 3.8) is 0 Å². The number of carboxylic acid groups (broad SMARTS) is 1. The van der Waals surface area contributed by atoms with Crippen molar-refractivity contribution in [2.75, 3.05) is 6.61 Å². The Morgan fingerprint density at radius 1 is 1.39 bits per heavy atom. The summed E-state index contributed by atoms with van der Waals surface area (Å²) in [5.74, 6) is -2.44. The predicted molar refractivity (Wildman–Crippen MR) is 63.4 cm³/mol. The minimum Gasteiger partial charge on any atom is -0.493 e. The zero-order valence-corrected chi connectivity index (χ0v) is 10.1. The van der Waals surface area contributed by atoms with Crippen LogP contribution < -0.4 is 4.74 Å². The summed E-state index contributed by atoms with van der Waals surface area (Å²) in [6.45, 7) is 2.50. The number of ether oxygens (including phenoxy) is 1. The number of unbranched alkanes of at least 4 members (excludes halogenated alkanes) is 1. The summed E-state index contributed by atoms with van der Waals surface area (Å²) in [6.07, 6.45) is 1.12. The molecule has 0 aliphatic heterocycles. The molecule has 0 fully saturated rings. The van der Waals surface area contributed by atoms with E-state index in [-0.39, 0.29) is 5.56 Å². The van der Waals surface area contributed by atoms with Crippen LogP contribution >= 0.6 is 0 Å². The molecule has 0 aliphatic carbocycles. The molecule has 0 aromatic heterocycles. The van der Waals surface area contributed by atoms with Gasteiger partial charge < -0.3 is 9.84 Å². The van der Waals surface area contributed by atoms with E-state index in [1.807, 2.05) is 6.92 Å². The SMILES string of the molecule is CCCCOc1ccc(C(=O)CC(=O)O)c(F)c1. The molecule has 98 valence electrons. The Hall–Kier alpha value is -1.91. The number of halogens is 1. The lowest BCUT2D eigenvalue weighted by Crippen LogP contribution is -2.09. The summed E-state index contributed by atoms with van der Waals surface area (Å²) >= 11 is 0. The van der Waals surface area contributed by atoms with Gasteiger partial charge in [-0.2, -0.15) is 0 Å². The van der Waals surface area contributed by atoms with Crippen LogP contribution in [-0.4, -0.2) is 23.5 Å². The Bertz CT molecular complexity index is 443. The third-order valence-electron chi connectivity index (χ3n) is 2.32. The maximum absolute atomic E-state index is 13.6. The van der Waals surface area contributed by atoms with E-state index in [2.05, 4.69) is 0 Å². The van der Waals surface area contributed by atoms with Crippen molar-refractivity contribution < 1.29 is 23.8 Å². The van der Waals surface area contributed by atoms with Crippen LogP contribution in [0.4, 0.5) is 4.39 Å². The minimum atomic E-state index is -1.28. The molecule has 0 amide bonds. The maximum atomic E-state index is 13.6. The topological polar surface area (TPSA) is 63.6 Å². The summed E-state index contributed by atoms with van der Waals surface area (Å²) in [6, 6.07) is 3.82. The number of carbonyl (C=O) groups is 2. The molecule has 0 aliphatic rings. The van der Waals surface area contributed by atoms with Crippen molar-refractivity contribution in [2.45, 2.75) is 26.2 Å². The third kappa shape index (κ3) is 4.16. The highest BCUT2D eigenvalue weighted by Gasteiger charge is 2.15. The number of carboxylic acids is 1. The Balaban J connectivity index is 2.73. The van der Waals surface area contributed by atoms with Crippen LogP contribution in [0.1, 0.15) is 36.5 Å². The fourth-order valence-electron chi connectivity index (χ4n) is 1.38. The number of benzene rings is 1. The summed E-state index contributed by atoms with van der Waals surface area (Å²) in [4.78, 5) is 21.8. The van der Waals surface area contributed by atoms with Gasteiger partial charge in [0.15, 0.2) is 5.78 Å². The highest BCUT2D eigenvalue weighted by molar-refractivity contribution is 6.05. The molecule has 0 bridgehead atoms. The predicted octanol–water partition coefficient (Wildman–Crippen LogP) is 2.66. The van der Waals surface area contributed by atoms with Crippen LogP contribution in [-0.2, 0) is 4.79 Å². The van der Waals surface area contributed by atoms with Gasteiger partial charge in [-0.3, -0.25) is 9.59 Å². The van der Waals surface area contributed by atoms with Gasteiger partial charge in [0.1, 0.15) is 18.0 Å². The first-order chi connectivity index (χ1) is 8.54. The fourth-order valence-corrected chi connectivity index (χ4v) is 1.38. The van der Waals surface area contributed by atoms with Crippen molar-refractivity contribution in [1.29, 1.82) is 0 Å². The Morgan fingerprint density at radius 2 is 2.11 bits per heavy atom. The average molecular weight is 254 g/mol. The molecule has 5 heteroatoms. The number of aliphatic carboxylic acids is 1. The maximum Gasteiger partial charge on any atom is 0.311 e. The number of Topliss-reactive ketones (excluding diaryl/α,β-unsaturated/α-hetero) is 1. The van der Waals surface area contributed by atoms with Gasteiger partial charge in [0.2, 0.25) is 0 Å². The molecule has 0 heterocycles. The minimum absolute atomic E-state index is 0.222. The summed E-state index contributed by atoms with van der Waals surface area (Å²) in [7, 11) is 0. The Labute approximate surface area is 104 Å². The number of ketones is 1. The van der Waals surface area contributed by atoms with Crippen LogP contribution in [0.5, 0.6) is 5.75 Å². The van der Waals surface area contributed by atoms with Gasteiger partial charge in [-0.05, 0) is 18.6 Å².